The topological polar surface area (TPSA) is 50.4 Å². The summed E-state index contributed by atoms with van der Waals surface area (Å²) in [5, 5.41) is 9.11. The van der Waals surface area contributed by atoms with E-state index >= 15 is 0 Å². The van der Waals surface area contributed by atoms with Gasteiger partial charge in [-0.05, 0) is 42.8 Å². The molecule has 2 rings (SSSR count). The van der Waals surface area contributed by atoms with Crippen LogP contribution < -0.4 is 0 Å². The lowest BCUT2D eigenvalue weighted by molar-refractivity contribution is 0.102. The van der Waals surface area contributed by atoms with E-state index in [2.05, 4.69) is 0 Å². The Balaban J connectivity index is 2.10. The van der Waals surface area contributed by atoms with E-state index in [1.165, 1.54) is 6.08 Å². The van der Waals surface area contributed by atoms with E-state index in [9.17, 15) is 4.79 Å². The fourth-order valence-electron chi connectivity index (χ4n) is 1.41. The molecule has 1 heterocycles. The minimum Gasteiger partial charge on any atom is -0.508 e. The van der Waals surface area contributed by atoms with Gasteiger partial charge in [0.2, 0.25) is 5.78 Å². The zero-order valence-electron chi connectivity index (χ0n) is 9.38. The Morgan fingerprint density at radius 3 is 2.47 bits per heavy atom. The molecule has 0 aliphatic rings. The number of hydrogen-bond acceptors (Lipinski definition) is 3. The zero-order valence-corrected chi connectivity index (χ0v) is 9.38. The normalized spacial score (nSPS) is 10.9. The van der Waals surface area contributed by atoms with Crippen molar-refractivity contribution in [3.63, 3.8) is 0 Å². The molecule has 0 unspecified atom stereocenters. The lowest BCUT2D eigenvalue weighted by Gasteiger charge is -1.93. The summed E-state index contributed by atoms with van der Waals surface area (Å²) in [6, 6.07) is 10.0. The lowest BCUT2D eigenvalue weighted by atomic mass is 10.2. The largest absolute Gasteiger partial charge is 0.508 e. The second-order valence-electron chi connectivity index (χ2n) is 3.70. The molecule has 17 heavy (non-hydrogen) atoms. The fraction of sp³-hybridized carbons (Fsp3) is 0.0714. The molecule has 0 bridgehead atoms. The highest BCUT2D eigenvalue weighted by atomic mass is 16.3. The summed E-state index contributed by atoms with van der Waals surface area (Å²) in [5.41, 5.74) is 0.847. The Labute approximate surface area is 99.0 Å². The van der Waals surface area contributed by atoms with Gasteiger partial charge >= 0.3 is 0 Å². The highest BCUT2D eigenvalue weighted by Crippen LogP contribution is 2.12. The molecule has 0 radical (unpaired) electrons. The van der Waals surface area contributed by atoms with Crippen LogP contribution in [-0.4, -0.2) is 10.9 Å². The monoisotopic (exact) mass is 228 g/mol. The van der Waals surface area contributed by atoms with Crippen molar-refractivity contribution in [1.82, 2.24) is 0 Å². The van der Waals surface area contributed by atoms with Gasteiger partial charge in [-0.2, -0.15) is 0 Å². The SMILES string of the molecule is Cc1ccc(C(=O)/C=C/c2ccc(O)cc2)o1. The number of phenolic OH excluding ortho intramolecular Hbond substituents is 1. The summed E-state index contributed by atoms with van der Waals surface area (Å²) in [7, 11) is 0. The maximum Gasteiger partial charge on any atom is 0.221 e. The zero-order chi connectivity index (χ0) is 12.3. The molecule has 0 aliphatic carbocycles. The van der Waals surface area contributed by atoms with Crippen LogP contribution in [0.25, 0.3) is 6.08 Å². The average Bonchev–Trinajstić information content (AvgIpc) is 2.75. The molecule has 0 fully saturated rings. The van der Waals surface area contributed by atoms with E-state index in [1.807, 2.05) is 0 Å². The predicted molar refractivity (Wildman–Crippen MR) is 64.9 cm³/mol. The number of benzene rings is 1. The van der Waals surface area contributed by atoms with E-state index in [4.69, 9.17) is 9.52 Å². The second-order valence-corrected chi connectivity index (χ2v) is 3.70. The third kappa shape index (κ3) is 2.84. The third-order valence-corrected chi connectivity index (χ3v) is 2.30. The number of furan rings is 1. The summed E-state index contributed by atoms with van der Waals surface area (Å²) in [6.45, 7) is 1.79. The van der Waals surface area contributed by atoms with Crippen molar-refractivity contribution in [2.75, 3.05) is 0 Å². The molecule has 86 valence electrons. The molecule has 0 aliphatic heterocycles. The molecule has 0 atom stereocenters. The number of hydrogen-bond donors (Lipinski definition) is 1. The maximum absolute atomic E-state index is 11.7. The summed E-state index contributed by atoms with van der Waals surface area (Å²) in [4.78, 5) is 11.7. The molecular weight excluding hydrogens is 216 g/mol. The quantitative estimate of drug-likeness (QED) is 0.648. The van der Waals surface area contributed by atoms with Crippen LogP contribution in [-0.2, 0) is 0 Å². The van der Waals surface area contributed by atoms with Crippen molar-refractivity contribution in [3.05, 3.63) is 59.6 Å². The summed E-state index contributed by atoms with van der Waals surface area (Å²) < 4.78 is 5.21. The van der Waals surface area contributed by atoms with Crippen molar-refractivity contribution < 1.29 is 14.3 Å². The molecule has 3 heteroatoms. The van der Waals surface area contributed by atoms with Crippen LogP contribution in [0.5, 0.6) is 5.75 Å². The van der Waals surface area contributed by atoms with Crippen LogP contribution in [0.3, 0.4) is 0 Å². The van der Waals surface area contributed by atoms with Gasteiger partial charge < -0.3 is 9.52 Å². The second kappa shape index (κ2) is 4.70. The summed E-state index contributed by atoms with van der Waals surface area (Å²) in [6.07, 6.45) is 3.13. The molecule has 0 saturated carbocycles. The Bertz CT molecular complexity index is 547. The van der Waals surface area contributed by atoms with Crippen molar-refractivity contribution in [2.45, 2.75) is 6.92 Å². The van der Waals surface area contributed by atoms with E-state index in [1.54, 1.807) is 49.4 Å². The molecule has 0 saturated heterocycles. The first-order chi connectivity index (χ1) is 8.15. The van der Waals surface area contributed by atoms with Crippen LogP contribution in [0.4, 0.5) is 0 Å². The van der Waals surface area contributed by atoms with Gasteiger partial charge in [-0.3, -0.25) is 4.79 Å². The van der Waals surface area contributed by atoms with Gasteiger partial charge in [-0.25, -0.2) is 0 Å². The Morgan fingerprint density at radius 2 is 1.88 bits per heavy atom. The van der Waals surface area contributed by atoms with Gasteiger partial charge in [0.15, 0.2) is 5.76 Å². The van der Waals surface area contributed by atoms with Gasteiger partial charge in [0.05, 0.1) is 0 Å². The molecule has 1 aromatic heterocycles. The number of aromatic hydroxyl groups is 1. The van der Waals surface area contributed by atoms with Crippen LogP contribution in [0.2, 0.25) is 0 Å². The van der Waals surface area contributed by atoms with Crippen molar-refractivity contribution >= 4 is 11.9 Å². The van der Waals surface area contributed by atoms with Gasteiger partial charge in [-0.1, -0.05) is 18.2 Å². The molecule has 1 N–H and O–H groups in total. The van der Waals surface area contributed by atoms with Crippen LogP contribution in [0.1, 0.15) is 21.9 Å². The first-order valence-electron chi connectivity index (χ1n) is 5.23. The summed E-state index contributed by atoms with van der Waals surface area (Å²) in [5.74, 6) is 1.07. The number of ketones is 1. The highest BCUT2D eigenvalue weighted by Gasteiger charge is 2.05. The van der Waals surface area contributed by atoms with E-state index in [0.29, 0.717) is 11.5 Å². The Morgan fingerprint density at radius 1 is 1.18 bits per heavy atom. The number of carbonyl (C=O) groups is 1. The van der Waals surface area contributed by atoms with Crippen molar-refractivity contribution in [1.29, 1.82) is 0 Å². The standard InChI is InChI=1S/C14H12O3/c1-10-2-9-14(17-10)13(16)8-5-11-3-6-12(15)7-4-11/h2-9,15H,1H3/b8-5+. The first kappa shape index (κ1) is 11.2. The Kier molecular flexibility index (Phi) is 3.10. The molecule has 2 aromatic rings. The molecule has 0 spiro atoms. The minimum absolute atomic E-state index is 0.175. The van der Waals surface area contributed by atoms with Crippen molar-refractivity contribution in [2.24, 2.45) is 0 Å². The predicted octanol–water partition coefficient (Wildman–Crippen LogP) is 3.19. The van der Waals surface area contributed by atoms with Gasteiger partial charge in [0.25, 0.3) is 0 Å². The Hall–Kier alpha value is -2.29. The number of allylic oxidation sites excluding steroid dienone is 1. The number of aryl methyl sites for hydroxylation is 1. The first-order valence-corrected chi connectivity index (χ1v) is 5.23. The lowest BCUT2D eigenvalue weighted by Crippen LogP contribution is -1.90. The smallest absolute Gasteiger partial charge is 0.221 e. The van der Waals surface area contributed by atoms with Crippen LogP contribution in [0, 0.1) is 6.92 Å². The van der Waals surface area contributed by atoms with Gasteiger partial charge in [-0.15, -0.1) is 0 Å². The number of carbonyl (C=O) groups excluding carboxylic acids is 1. The van der Waals surface area contributed by atoms with Gasteiger partial charge in [0, 0.05) is 0 Å². The van der Waals surface area contributed by atoms with E-state index < -0.39 is 0 Å². The van der Waals surface area contributed by atoms with Crippen LogP contribution in [0.15, 0.2) is 46.9 Å². The third-order valence-electron chi connectivity index (χ3n) is 2.30. The molecule has 1 aromatic carbocycles. The van der Waals surface area contributed by atoms with Gasteiger partial charge in [0.1, 0.15) is 11.5 Å². The van der Waals surface area contributed by atoms with E-state index in [0.717, 1.165) is 5.56 Å². The maximum atomic E-state index is 11.7. The van der Waals surface area contributed by atoms with E-state index in [-0.39, 0.29) is 11.5 Å². The highest BCUT2D eigenvalue weighted by molar-refractivity contribution is 6.04. The van der Waals surface area contributed by atoms with Crippen LogP contribution >= 0.6 is 0 Å². The fourth-order valence-corrected chi connectivity index (χ4v) is 1.41. The molecular formula is C14H12O3. The summed E-state index contributed by atoms with van der Waals surface area (Å²) >= 11 is 0. The van der Waals surface area contributed by atoms with Crippen molar-refractivity contribution in [3.8, 4) is 5.75 Å². The molecule has 0 amide bonds. The minimum atomic E-state index is -0.175. The average molecular weight is 228 g/mol. The number of phenols is 1. The molecule has 3 nitrogen and oxygen atoms in total. The number of rotatable bonds is 3.